The maximum absolute atomic E-state index is 9.55. The summed E-state index contributed by atoms with van der Waals surface area (Å²) in [5.74, 6) is 1.14. The summed E-state index contributed by atoms with van der Waals surface area (Å²) in [5.41, 5.74) is 2.76. The van der Waals surface area contributed by atoms with E-state index in [0.717, 1.165) is 12.3 Å². The molecule has 0 bridgehead atoms. The maximum Gasteiger partial charge on any atom is 0.122 e. The topological polar surface area (TPSA) is 63.6 Å². The molecule has 1 aliphatic rings. The smallest absolute Gasteiger partial charge is 0.122 e. The van der Waals surface area contributed by atoms with Gasteiger partial charge in [-0.3, -0.25) is 4.99 Å². The fourth-order valence-corrected chi connectivity index (χ4v) is 0.944. The second-order valence-corrected chi connectivity index (χ2v) is 4.36. The summed E-state index contributed by atoms with van der Waals surface area (Å²) in [6.07, 6.45) is 0. The molecular formula is C6H7MnNO3S. The van der Waals surface area contributed by atoms with Crippen molar-refractivity contribution in [3.05, 3.63) is 0 Å². The van der Waals surface area contributed by atoms with E-state index in [1.54, 1.807) is 11.8 Å². The molecule has 12 heavy (non-hydrogen) atoms. The first-order valence-electron chi connectivity index (χ1n) is 2.89. The number of carbonyl (C=O) groups is 3. The van der Waals surface area contributed by atoms with Crippen molar-refractivity contribution in [2.75, 3.05) is 12.3 Å². The Kier molecular flexibility index (Phi) is 8.32. The van der Waals surface area contributed by atoms with Crippen molar-refractivity contribution in [2.24, 2.45) is 4.99 Å². The predicted octanol–water partition coefficient (Wildman–Crippen LogP) is -0.186. The van der Waals surface area contributed by atoms with Crippen LogP contribution in [0, 0.1) is 0 Å². The molecule has 0 aromatic carbocycles. The molecular weight excluding hydrogens is 221 g/mol. The van der Waals surface area contributed by atoms with Gasteiger partial charge < -0.3 is 0 Å². The average Bonchev–Trinajstić information content (AvgIpc) is 2.64. The second kappa shape index (κ2) is 8.64. The van der Waals surface area contributed by atoms with E-state index >= 15 is 0 Å². The van der Waals surface area contributed by atoms with Crippen LogP contribution in [0.4, 0.5) is 0 Å². The Morgan fingerprint density at radius 1 is 1.25 bits per heavy atom. The van der Waals surface area contributed by atoms with Crippen LogP contribution in [0.2, 0.25) is 0 Å². The molecule has 4 nitrogen and oxygen atoms in total. The van der Waals surface area contributed by atoms with Gasteiger partial charge in [0.1, 0.15) is 5.55 Å². The largest absolute Gasteiger partial charge is 0.275 e. The van der Waals surface area contributed by atoms with Crippen LogP contribution in [0.3, 0.4) is 0 Å². The van der Waals surface area contributed by atoms with E-state index < -0.39 is 13.9 Å². The predicted molar refractivity (Wildman–Crippen MR) is 45.0 cm³/mol. The second-order valence-electron chi connectivity index (χ2n) is 1.47. The Balaban J connectivity index is 0.000000211. The van der Waals surface area contributed by atoms with Crippen LogP contribution in [0.5, 0.6) is 0 Å². The van der Waals surface area contributed by atoms with E-state index in [1.165, 1.54) is 0 Å². The number of thioether (sulfide) groups is 1. The zero-order valence-corrected chi connectivity index (χ0v) is 8.10. The number of carbonyl (C=O) groups excluding carboxylic acids is 3. The normalized spacial score (nSPS) is 14.2. The molecule has 0 spiro atoms. The Labute approximate surface area is 78.7 Å². The van der Waals surface area contributed by atoms with Gasteiger partial charge in [-0.2, -0.15) is 0 Å². The first kappa shape index (κ1) is 11.5. The molecule has 0 aromatic rings. The number of nitrogens with zero attached hydrogens (tertiary/aromatic N) is 1. The van der Waals surface area contributed by atoms with Crippen molar-refractivity contribution in [3.63, 3.8) is 0 Å². The number of hydrogen-bond acceptors (Lipinski definition) is 5. The van der Waals surface area contributed by atoms with Crippen LogP contribution < -0.4 is 0 Å². The van der Waals surface area contributed by atoms with Gasteiger partial charge in [-0.25, -0.2) is 0 Å². The van der Waals surface area contributed by atoms with Crippen LogP contribution in [0.1, 0.15) is 0 Å². The molecule has 0 unspecified atom stereocenters. The molecule has 0 saturated carbocycles. The summed E-state index contributed by atoms with van der Waals surface area (Å²) in [6, 6.07) is 0. The van der Waals surface area contributed by atoms with Crippen LogP contribution >= 0.6 is 11.8 Å². The first-order chi connectivity index (χ1) is 5.85. The standard InChI is InChI=1S/C3H4NS.3CHO.Mn/c1-2-5-3-4-1;3*1-2;/h1-2H2;3*1H;. The zero-order valence-electron chi connectivity index (χ0n) is 6.10. The SMILES string of the molecule is O=[CH][Mn]([CH]=O)[CH]=O.[C]1=NCCS1. The van der Waals surface area contributed by atoms with Crippen molar-refractivity contribution in [3.8, 4) is 0 Å². The Hall–Kier alpha value is -0.451. The van der Waals surface area contributed by atoms with Gasteiger partial charge in [0.25, 0.3) is 0 Å². The van der Waals surface area contributed by atoms with Crippen molar-refractivity contribution in [2.45, 2.75) is 0 Å². The Morgan fingerprint density at radius 3 is 1.92 bits per heavy atom. The zero-order chi connectivity index (χ0) is 9.23. The summed E-state index contributed by atoms with van der Waals surface area (Å²) in [7, 11) is 0. The fourth-order valence-electron chi connectivity index (χ4n) is 0.291. The third kappa shape index (κ3) is 6.27. The molecule has 0 amide bonds. The van der Waals surface area contributed by atoms with Crippen molar-refractivity contribution in [1.29, 1.82) is 0 Å². The molecule has 0 saturated heterocycles. The van der Waals surface area contributed by atoms with Crippen LogP contribution in [-0.2, 0) is 28.3 Å². The van der Waals surface area contributed by atoms with Crippen molar-refractivity contribution >= 4 is 32.9 Å². The van der Waals surface area contributed by atoms with E-state index in [4.69, 9.17) is 0 Å². The van der Waals surface area contributed by atoms with E-state index in [0.29, 0.717) is 15.6 Å². The van der Waals surface area contributed by atoms with Gasteiger partial charge in [0.15, 0.2) is 0 Å². The molecule has 0 aliphatic carbocycles. The minimum absolute atomic E-state index is 0.396. The van der Waals surface area contributed by atoms with Gasteiger partial charge in [-0.05, 0) is 0 Å². The fraction of sp³-hybridized carbons (Fsp3) is 0.333. The molecule has 0 aromatic heterocycles. The first-order valence-corrected chi connectivity index (χ1v) is 5.92. The molecule has 67 valence electrons. The third-order valence-corrected chi connectivity index (χ3v) is 2.35. The van der Waals surface area contributed by atoms with E-state index in [9.17, 15) is 14.4 Å². The summed E-state index contributed by atoms with van der Waals surface area (Å²) < 4.78 is 0. The van der Waals surface area contributed by atoms with Crippen LogP contribution in [0.25, 0.3) is 0 Å². The Morgan fingerprint density at radius 2 is 1.83 bits per heavy atom. The minimum Gasteiger partial charge on any atom is -0.275 e. The molecule has 0 atom stereocenters. The monoisotopic (exact) mass is 228 g/mol. The van der Waals surface area contributed by atoms with Gasteiger partial charge in [0, 0.05) is 12.3 Å². The van der Waals surface area contributed by atoms with Crippen molar-refractivity contribution < 1.29 is 28.3 Å². The number of rotatable bonds is 3. The van der Waals surface area contributed by atoms with E-state index in [1.807, 2.05) is 0 Å². The number of hydrogen-bond donors (Lipinski definition) is 0. The summed E-state index contributed by atoms with van der Waals surface area (Å²) in [5, 5.41) is 1.19. The quantitative estimate of drug-likeness (QED) is 0.496. The van der Waals surface area contributed by atoms with Gasteiger partial charge >= 0.3 is 43.8 Å². The van der Waals surface area contributed by atoms with Crippen LogP contribution in [-0.4, -0.2) is 33.4 Å². The Bertz CT molecular complexity index is 161. The molecule has 1 aliphatic heterocycles. The summed E-state index contributed by atoms with van der Waals surface area (Å²) in [4.78, 5) is 32.4. The van der Waals surface area contributed by atoms with E-state index in [2.05, 4.69) is 10.5 Å². The maximum atomic E-state index is 9.55. The van der Waals surface area contributed by atoms with E-state index in [-0.39, 0.29) is 0 Å². The molecule has 1 radical (unpaired) electrons. The third-order valence-electron chi connectivity index (χ3n) is 0.743. The van der Waals surface area contributed by atoms with Gasteiger partial charge in [-0.1, -0.05) is 0 Å². The van der Waals surface area contributed by atoms with Gasteiger partial charge in [-0.15, -0.1) is 11.8 Å². The molecule has 0 N–H and O–H groups in total. The summed E-state index contributed by atoms with van der Waals surface area (Å²) >= 11 is -0.266. The molecule has 0 fully saturated rings. The number of aliphatic imine (C=N–C) groups is 1. The minimum atomic E-state index is -1.92. The molecule has 6 heteroatoms. The van der Waals surface area contributed by atoms with Gasteiger partial charge in [0.2, 0.25) is 0 Å². The van der Waals surface area contributed by atoms with Crippen molar-refractivity contribution in [1.82, 2.24) is 0 Å². The molecule has 1 rings (SSSR count). The average molecular weight is 228 g/mol. The van der Waals surface area contributed by atoms with Gasteiger partial charge in [0.05, 0.1) is 0 Å². The molecule has 1 heterocycles. The summed E-state index contributed by atoms with van der Waals surface area (Å²) in [6.45, 7) is 0.977. The van der Waals surface area contributed by atoms with Crippen LogP contribution in [0.15, 0.2) is 4.99 Å².